The average molecular weight is 385 g/mol. The Hall–Kier alpha value is -2.51. The van der Waals surface area contributed by atoms with Crippen LogP contribution in [0.1, 0.15) is 5.56 Å². The molecule has 0 radical (unpaired) electrons. The van der Waals surface area contributed by atoms with Crippen LogP contribution in [0.25, 0.3) is 0 Å². The van der Waals surface area contributed by atoms with Gasteiger partial charge in [0.25, 0.3) is 0 Å². The first kappa shape index (κ1) is 18.8. The fourth-order valence-corrected chi connectivity index (χ4v) is 2.36. The quantitative estimate of drug-likeness (QED) is 0.596. The lowest BCUT2D eigenvalue weighted by Crippen LogP contribution is -2.39. The lowest BCUT2D eigenvalue weighted by molar-refractivity contribution is -0.115. The standard InChI is InChI=1S/C16H15Cl2FN4O2/c17-12-5-11(6-13(18)15(12)20)23-14(24)8-22-16(25)21-7-9-1-3-10(19)4-2-9/h1-6H,7-8,20H2,(H,23,24)(H2,21,22,25). The molecule has 0 fully saturated rings. The van der Waals surface area contributed by atoms with Gasteiger partial charge < -0.3 is 21.7 Å². The molecule has 2 rings (SSSR count). The van der Waals surface area contributed by atoms with Gasteiger partial charge in [-0.25, -0.2) is 9.18 Å². The molecule has 0 saturated carbocycles. The van der Waals surface area contributed by atoms with Crippen LogP contribution >= 0.6 is 23.2 Å². The molecule has 0 aliphatic carbocycles. The minimum Gasteiger partial charge on any atom is -0.396 e. The summed E-state index contributed by atoms with van der Waals surface area (Å²) < 4.78 is 12.8. The third-order valence-corrected chi connectivity index (χ3v) is 3.76. The highest BCUT2D eigenvalue weighted by atomic mass is 35.5. The van der Waals surface area contributed by atoms with E-state index in [4.69, 9.17) is 28.9 Å². The van der Waals surface area contributed by atoms with Crippen molar-refractivity contribution < 1.29 is 14.0 Å². The van der Waals surface area contributed by atoms with Crippen molar-refractivity contribution in [1.82, 2.24) is 10.6 Å². The predicted molar refractivity (Wildman–Crippen MR) is 96.1 cm³/mol. The molecule has 0 atom stereocenters. The summed E-state index contributed by atoms with van der Waals surface area (Å²) in [6, 6.07) is 8.07. The van der Waals surface area contributed by atoms with Gasteiger partial charge in [-0.15, -0.1) is 0 Å². The monoisotopic (exact) mass is 384 g/mol. The fraction of sp³-hybridized carbons (Fsp3) is 0.125. The number of urea groups is 1. The van der Waals surface area contributed by atoms with Gasteiger partial charge in [-0.1, -0.05) is 35.3 Å². The number of nitrogen functional groups attached to an aromatic ring is 1. The number of hydrogen-bond acceptors (Lipinski definition) is 3. The van der Waals surface area contributed by atoms with E-state index in [2.05, 4.69) is 16.0 Å². The van der Waals surface area contributed by atoms with E-state index in [1.54, 1.807) is 12.1 Å². The van der Waals surface area contributed by atoms with Crippen LogP contribution in [0.5, 0.6) is 0 Å². The molecule has 0 heterocycles. The zero-order valence-electron chi connectivity index (χ0n) is 12.9. The number of rotatable bonds is 5. The molecule has 2 aromatic carbocycles. The van der Waals surface area contributed by atoms with Gasteiger partial charge in [0.15, 0.2) is 0 Å². The Kier molecular flexibility index (Phi) is 6.44. The Bertz CT molecular complexity index is 761. The zero-order valence-corrected chi connectivity index (χ0v) is 14.4. The maximum Gasteiger partial charge on any atom is 0.315 e. The molecule has 25 heavy (non-hydrogen) atoms. The second kappa shape index (κ2) is 8.55. The molecule has 6 nitrogen and oxygen atoms in total. The summed E-state index contributed by atoms with van der Waals surface area (Å²) in [7, 11) is 0. The Morgan fingerprint density at radius 2 is 1.64 bits per heavy atom. The minimum absolute atomic E-state index is 0.205. The van der Waals surface area contributed by atoms with Crippen molar-refractivity contribution in [3.05, 3.63) is 57.8 Å². The summed E-state index contributed by atoms with van der Waals surface area (Å²) >= 11 is 11.8. The topological polar surface area (TPSA) is 96.2 Å². The van der Waals surface area contributed by atoms with Gasteiger partial charge >= 0.3 is 6.03 Å². The smallest absolute Gasteiger partial charge is 0.315 e. The van der Waals surface area contributed by atoms with Gasteiger partial charge in [0.05, 0.1) is 22.3 Å². The molecular formula is C16H15Cl2FN4O2. The third kappa shape index (κ3) is 5.81. The highest BCUT2D eigenvalue weighted by molar-refractivity contribution is 6.39. The van der Waals surface area contributed by atoms with Crippen LogP contribution in [0, 0.1) is 5.82 Å². The predicted octanol–water partition coefficient (Wildman–Crippen LogP) is 3.15. The molecule has 9 heteroatoms. The van der Waals surface area contributed by atoms with Crippen LogP contribution < -0.4 is 21.7 Å². The molecule has 2 aromatic rings. The lowest BCUT2D eigenvalue weighted by Gasteiger charge is -2.10. The second-order valence-corrected chi connectivity index (χ2v) is 5.88. The van der Waals surface area contributed by atoms with Crippen LogP contribution in [0.3, 0.4) is 0 Å². The molecule has 0 aliphatic rings. The first-order valence-corrected chi connectivity index (χ1v) is 7.91. The maximum atomic E-state index is 12.8. The fourth-order valence-electron chi connectivity index (χ4n) is 1.87. The van der Waals surface area contributed by atoms with Crippen LogP contribution in [-0.4, -0.2) is 18.5 Å². The van der Waals surface area contributed by atoms with Gasteiger partial charge in [-0.3, -0.25) is 4.79 Å². The van der Waals surface area contributed by atoms with Gasteiger partial charge in [0.1, 0.15) is 5.82 Å². The van der Waals surface area contributed by atoms with Gasteiger partial charge in [0, 0.05) is 12.2 Å². The van der Waals surface area contributed by atoms with Crippen molar-refractivity contribution in [1.29, 1.82) is 0 Å². The number of nitrogens with one attached hydrogen (secondary N) is 3. The summed E-state index contributed by atoms with van der Waals surface area (Å²) in [6.07, 6.45) is 0. The summed E-state index contributed by atoms with van der Waals surface area (Å²) in [5.74, 6) is -0.818. The van der Waals surface area contributed by atoms with Crippen LogP contribution in [0.15, 0.2) is 36.4 Å². The molecule has 0 bridgehead atoms. The van der Waals surface area contributed by atoms with E-state index in [9.17, 15) is 14.0 Å². The first-order valence-electron chi connectivity index (χ1n) is 7.15. The van der Waals surface area contributed by atoms with Crippen LogP contribution in [0.2, 0.25) is 10.0 Å². The van der Waals surface area contributed by atoms with Gasteiger partial charge in [-0.05, 0) is 29.8 Å². The van der Waals surface area contributed by atoms with E-state index < -0.39 is 11.9 Å². The van der Waals surface area contributed by atoms with E-state index in [0.717, 1.165) is 5.56 Å². The van der Waals surface area contributed by atoms with Crippen molar-refractivity contribution in [2.45, 2.75) is 6.54 Å². The van der Waals surface area contributed by atoms with Crippen molar-refractivity contribution in [3.63, 3.8) is 0 Å². The van der Waals surface area contributed by atoms with E-state index >= 15 is 0 Å². The number of amides is 3. The number of carbonyl (C=O) groups excluding carboxylic acids is 2. The van der Waals surface area contributed by atoms with Crippen molar-refractivity contribution in [2.75, 3.05) is 17.6 Å². The molecule has 3 amide bonds. The normalized spacial score (nSPS) is 10.2. The Labute approximate surface area is 153 Å². The highest BCUT2D eigenvalue weighted by Crippen LogP contribution is 2.30. The number of halogens is 3. The summed E-state index contributed by atoms with van der Waals surface area (Å²) in [4.78, 5) is 23.5. The molecule has 0 aliphatic heterocycles. The second-order valence-electron chi connectivity index (χ2n) is 5.06. The zero-order chi connectivity index (χ0) is 18.4. The van der Waals surface area contributed by atoms with Gasteiger partial charge in [-0.2, -0.15) is 0 Å². The Morgan fingerprint density at radius 3 is 2.24 bits per heavy atom. The first-order chi connectivity index (χ1) is 11.8. The number of carbonyl (C=O) groups is 2. The summed E-state index contributed by atoms with van der Waals surface area (Å²) in [5, 5.41) is 7.92. The molecular weight excluding hydrogens is 370 g/mol. The van der Waals surface area contributed by atoms with E-state index in [1.165, 1.54) is 24.3 Å². The molecule has 132 valence electrons. The van der Waals surface area contributed by atoms with Gasteiger partial charge in [0.2, 0.25) is 5.91 Å². The largest absolute Gasteiger partial charge is 0.396 e. The maximum absolute atomic E-state index is 12.8. The number of nitrogens with two attached hydrogens (primary N) is 1. The van der Waals surface area contributed by atoms with Crippen LogP contribution in [0.4, 0.5) is 20.6 Å². The van der Waals surface area contributed by atoms with Crippen molar-refractivity contribution >= 4 is 46.5 Å². The molecule has 0 unspecified atom stereocenters. The molecule has 0 aromatic heterocycles. The average Bonchev–Trinajstić information content (AvgIpc) is 2.57. The van der Waals surface area contributed by atoms with E-state index in [-0.39, 0.29) is 34.6 Å². The Morgan fingerprint density at radius 1 is 1.04 bits per heavy atom. The Balaban J connectivity index is 1.77. The third-order valence-electron chi connectivity index (χ3n) is 3.14. The molecule has 5 N–H and O–H groups in total. The number of benzene rings is 2. The summed E-state index contributed by atoms with van der Waals surface area (Å²) in [6.45, 7) is -0.0498. The number of hydrogen-bond donors (Lipinski definition) is 4. The van der Waals surface area contributed by atoms with E-state index in [1.807, 2.05) is 0 Å². The highest BCUT2D eigenvalue weighted by Gasteiger charge is 2.09. The number of anilines is 2. The lowest BCUT2D eigenvalue weighted by atomic mass is 10.2. The van der Waals surface area contributed by atoms with Crippen molar-refractivity contribution in [2.24, 2.45) is 0 Å². The van der Waals surface area contributed by atoms with Crippen LogP contribution in [-0.2, 0) is 11.3 Å². The minimum atomic E-state index is -0.534. The molecule has 0 spiro atoms. The SMILES string of the molecule is Nc1c(Cl)cc(NC(=O)CNC(=O)NCc2ccc(F)cc2)cc1Cl. The molecule has 0 saturated heterocycles. The van der Waals surface area contributed by atoms with Crippen molar-refractivity contribution in [3.8, 4) is 0 Å². The summed E-state index contributed by atoms with van der Waals surface area (Å²) in [5.41, 5.74) is 6.92. The van der Waals surface area contributed by atoms with E-state index in [0.29, 0.717) is 5.69 Å².